The van der Waals surface area contributed by atoms with E-state index in [4.69, 9.17) is 16.3 Å². The van der Waals surface area contributed by atoms with Crippen LogP contribution in [0.1, 0.15) is 27.2 Å². The van der Waals surface area contributed by atoms with Crippen LogP contribution in [0.4, 0.5) is 5.69 Å². The topological polar surface area (TPSA) is 81.5 Å². The van der Waals surface area contributed by atoms with Crippen molar-refractivity contribution >= 4 is 23.2 Å². The molecule has 6 nitrogen and oxygen atoms in total. The Kier molecular flexibility index (Phi) is 5.33. The molecule has 0 saturated carbocycles. The van der Waals surface area contributed by atoms with Gasteiger partial charge in [-0.15, -0.1) is 0 Å². The first-order valence-corrected chi connectivity index (χ1v) is 6.50. The summed E-state index contributed by atoms with van der Waals surface area (Å²) in [6.07, 6.45) is 0.789. The van der Waals surface area contributed by atoms with Crippen LogP contribution in [-0.4, -0.2) is 23.0 Å². The molecule has 1 aromatic rings. The minimum atomic E-state index is -0.549. The van der Waals surface area contributed by atoms with Crippen LogP contribution in [-0.2, 0) is 4.79 Å². The van der Waals surface area contributed by atoms with Crippen LogP contribution in [0.3, 0.4) is 0 Å². The zero-order valence-corrected chi connectivity index (χ0v) is 12.4. The summed E-state index contributed by atoms with van der Waals surface area (Å²) < 4.78 is 5.26. The van der Waals surface area contributed by atoms with Crippen LogP contribution < -0.4 is 10.1 Å². The zero-order chi connectivity index (χ0) is 15.3. The Hall–Kier alpha value is -1.82. The molecule has 0 fully saturated rings. The molecule has 1 N–H and O–H groups in total. The third kappa shape index (κ3) is 4.70. The number of carbonyl (C=O) groups is 1. The Labute approximate surface area is 122 Å². The predicted octanol–water partition coefficient (Wildman–Crippen LogP) is 2.93. The third-order valence-electron chi connectivity index (χ3n) is 2.85. The number of ether oxygens (including phenoxy) is 1. The second kappa shape index (κ2) is 6.56. The minimum Gasteiger partial charge on any atom is -0.482 e. The summed E-state index contributed by atoms with van der Waals surface area (Å²) >= 11 is 5.86. The van der Waals surface area contributed by atoms with Crippen LogP contribution in [0.2, 0.25) is 5.02 Å². The SMILES string of the molecule is CCC(C)(C)NC(=O)COc1ccc([N+](=O)[O-])cc1Cl. The highest BCUT2D eigenvalue weighted by Crippen LogP contribution is 2.28. The lowest BCUT2D eigenvalue weighted by Gasteiger charge is -2.24. The van der Waals surface area contributed by atoms with Gasteiger partial charge in [-0.25, -0.2) is 0 Å². The number of non-ortho nitro benzene ring substituents is 1. The maximum Gasteiger partial charge on any atom is 0.271 e. The predicted molar refractivity (Wildman–Crippen MR) is 76.1 cm³/mol. The van der Waals surface area contributed by atoms with Gasteiger partial charge in [0.15, 0.2) is 6.61 Å². The van der Waals surface area contributed by atoms with Gasteiger partial charge in [-0.3, -0.25) is 14.9 Å². The number of amides is 1. The van der Waals surface area contributed by atoms with Crippen molar-refractivity contribution in [3.8, 4) is 5.75 Å². The Morgan fingerprint density at radius 3 is 2.65 bits per heavy atom. The lowest BCUT2D eigenvalue weighted by atomic mass is 10.0. The summed E-state index contributed by atoms with van der Waals surface area (Å²) in [5.41, 5.74) is -0.432. The standard InChI is InChI=1S/C13H17ClN2O4/c1-4-13(2,3)15-12(17)8-20-11-6-5-9(16(18)19)7-10(11)14/h5-7H,4,8H2,1-3H3,(H,15,17). The van der Waals surface area contributed by atoms with Gasteiger partial charge < -0.3 is 10.1 Å². The second-order valence-corrected chi connectivity index (χ2v) is 5.35. The number of rotatable bonds is 6. The highest BCUT2D eigenvalue weighted by atomic mass is 35.5. The molecule has 0 aliphatic rings. The van der Waals surface area contributed by atoms with Crippen molar-refractivity contribution in [1.29, 1.82) is 0 Å². The highest BCUT2D eigenvalue weighted by Gasteiger charge is 2.18. The van der Waals surface area contributed by atoms with Crippen LogP contribution in [0.25, 0.3) is 0 Å². The van der Waals surface area contributed by atoms with Gasteiger partial charge in [0.2, 0.25) is 0 Å². The summed E-state index contributed by atoms with van der Waals surface area (Å²) in [6.45, 7) is 5.59. The van der Waals surface area contributed by atoms with Gasteiger partial charge in [0.25, 0.3) is 11.6 Å². The lowest BCUT2D eigenvalue weighted by Crippen LogP contribution is -2.44. The van der Waals surface area contributed by atoms with Gasteiger partial charge in [-0.2, -0.15) is 0 Å². The minimum absolute atomic E-state index is 0.0988. The van der Waals surface area contributed by atoms with E-state index in [9.17, 15) is 14.9 Å². The van der Waals surface area contributed by atoms with E-state index < -0.39 is 4.92 Å². The van der Waals surface area contributed by atoms with Gasteiger partial charge in [0.05, 0.1) is 9.95 Å². The number of nitrogens with zero attached hydrogens (tertiary/aromatic N) is 1. The van der Waals surface area contributed by atoms with Crippen molar-refractivity contribution in [3.63, 3.8) is 0 Å². The van der Waals surface area contributed by atoms with Crippen molar-refractivity contribution in [3.05, 3.63) is 33.3 Å². The Balaban J connectivity index is 2.62. The van der Waals surface area contributed by atoms with Crippen molar-refractivity contribution in [2.75, 3.05) is 6.61 Å². The maximum absolute atomic E-state index is 11.7. The number of halogens is 1. The monoisotopic (exact) mass is 300 g/mol. The molecule has 20 heavy (non-hydrogen) atoms. The Morgan fingerprint density at radius 2 is 2.15 bits per heavy atom. The molecule has 1 rings (SSSR count). The molecular weight excluding hydrogens is 284 g/mol. The Morgan fingerprint density at radius 1 is 1.50 bits per heavy atom. The highest BCUT2D eigenvalue weighted by molar-refractivity contribution is 6.32. The average Bonchev–Trinajstić information content (AvgIpc) is 2.36. The molecule has 0 saturated heterocycles. The number of benzene rings is 1. The fraction of sp³-hybridized carbons (Fsp3) is 0.462. The van der Waals surface area contributed by atoms with Crippen LogP contribution >= 0.6 is 11.6 Å². The number of hydrogen-bond donors (Lipinski definition) is 1. The first-order chi connectivity index (χ1) is 9.25. The number of carbonyl (C=O) groups excluding carboxylic acids is 1. The van der Waals surface area contributed by atoms with Crippen molar-refractivity contribution in [1.82, 2.24) is 5.32 Å². The number of nitrogens with one attached hydrogen (secondary N) is 1. The zero-order valence-electron chi connectivity index (χ0n) is 11.6. The van der Waals surface area contributed by atoms with Crippen LogP contribution in [0, 0.1) is 10.1 Å². The molecule has 0 aliphatic carbocycles. The van der Waals surface area contributed by atoms with Gasteiger partial charge in [0.1, 0.15) is 5.75 Å². The summed E-state index contributed by atoms with van der Waals surface area (Å²) in [6, 6.07) is 3.83. The average molecular weight is 301 g/mol. The second-order valence-electron chi connectivity index (χ2n) is 4.95. The van der Waals surface area contributed by atoms with E-state index >= 15 is 0 Å². The van der Waals surface area contributed by atoms with E-state index in [2.05, 4.69) is 5.32 Å². The normalized spacial score (nSPS) is 11.0. The maximum atomic E-state index is 11.7. The van der Waals surface area contributed by atoms with E-state index in [1.165, 1.54) is 18.2 Å². The molecule has 0 aromatic heterocycles. The van der Waals surface area contributed by atoms with Gasteiger partial charge >= 0.3 is 0 Å². The first-order valence-electron chi connectivity index (χ1n) is 6.13. The quantitative estimate of drug-likeness (QED) is 0.647. The van der Waals surface area contributed by atoms with Gasteiger partial charge in [-0.05, 0) is 26.3 Å². The van der Waals surface area contributed by atoms with Crippen molar-refractivity contribution < 1.29 is 14.5 Å². The lowest BCUT2D eigenvalue weighted by molar-refractivity contribution is -0.384. The first kappa shape index (κ1) is 16.2. The smallest absolute Gasteiger partial charge is 0.271 e. The molecule has 110 valence electrons. The molecule has 0 aliphatic heterocycles. The molecule has 1 amide bonds. The summed E-state index contributed by atoms with van der Waals surface area (Å²) in [7, 11) is 0. The van der Waals surface area contributed by atoms with E-state index in [-0.39, 0.29) is 34.5 Å². The number of nitro groups is 1. The molecule has 0 bridgehead atoms. The molecule has 0 radical (unpaired) electrons. The fourth-order valence-electron chi connectivity index (χ4n) is 1.37. The van der Waals surface area contributed by atoms with E-state index in [1.807, 2.05) is 20.8 Å². The molecule has 0 atom stereocenters. The summed E-state index contributed by atoms with van der Waals surface area (Å²) in [5, 5.41) is 13.5. The van der Waals surface area contributed by atoms with Crippen LogP contribution in [0.5, 0.6) is 5.75 Å². The van der Waals surface area contributed by atoms with Crippen LogP contribution in [0.15, 0.2) is 18.2 Å². The van der Waals surface area contributed by atoms with E-state index in [0.717, 1.165) is 6.42 Å². The fourth-order valence-corrected chi connectivity index (χ4v) is 1.59. The largest absolute Gasteiger partial charge is 0.482 e. The van der Waals surface area contributed by atoms with E-state index in [1.54, 1.807) is 0 Å². The van der Waals surface area contributed by atoms with Gasteiger partial charge in [0, 0.05) is 17.7 Å². The number of hydrogen-bond acceptors (Lipinski definition) is 4. The summed E-state index contributed by atoms with van der Waals surface area (Å²) in [4.78, 5) is 21.7. The van der Waals surface area contributed by atoms with Gasteiger partial charge in [-0.1, -0.05) is 18.5 Å². The molecule has 0 unspecified atom stereocenters. The summed E-state index contributed by atoms with van der Waals surface area (Å²) in [5.74, 6) is -0.0343. The third-order valence-corrected chi connectivity index (χ3v) is 3.14. The van der Waals surface area contributed by atoms with Crippen molar-refractivity contribution in [2.24, 2.45) is 0 Å². The molecule has 0 heterocycles. The molecule has 7 heteroatoms. The molecule has 0 spiro atoms. The number of nitro benzene ring substituents is 1. The van der Waals surface area contributed by atoms with Crippen molar-refractivity contribution in [2.45, 2.75) is 32.7 Å². The Bertz CT molecular complexity index is 517. The molecule has 1 aromatic carbocycles. The van der Waals surface area contributed by atoms with E-state index in [0.29, 0.717) is 0 Å². The molecular formula is C13H17ClN2O4.